The third-order valence-electron chi connectivity index (χ3n) is 3.97. The molecule has 0 aromatic rings. The third kappa shape index (κ3) is 9.19. The molecule has 0 aliphatic carbocycles. The molecule has 1 heterocycles. The molecule has 0 radical (unpaired) electrons. The number of ether oxygens (including phenoxy) is 1. The van der Waals surface area contributed by atoms with E-state index in [9.17, 15) is 0 Å². The Kier molecular flexibility index (Phi) is 10.4. The average molecular weight is 280 g/mol. The molecule has 2 nitrogen and oxygen atoms in total. The normalized spacial score (nSPS) is 22.1. The number of aliphatic hydroxyl groups excluding tert-OH is 1. The second kappa shape index (κ2) is 12.0. The maximum Gasteiger partial charge on any atom is 0.0841 e. The summed E-state index contributed by atoms with van der Waals surface area (Å²) in [6, 6.07) is 0. The molecule has 1 fully saturated rings. The predicted octanol–water partition coefficient (Wildman–Crippen LogP) is 5.69. The summed E-state index contributed by atoms with van der Waals surface area (Å²) in [4.78, 5) is 0. The standard InChI is InChI=1S/C18H32O2/c1-2-3-4-5-8-11-14-17-18(20-17)15-12-9-6-7-10-13-16-19/h7,10,13,16-19H,2-6,8-9,11-12,14-15H2,1H3/b10-7-,16-13+/t17-,18+/m0/s1. The van der Waals surface area contributed by atoms with Gasteiger partial charge in [-0.15, -0.1) is 0 Å². The van der Waals surface area contributed by atoms with Crippen molar-refractivity contribution in [2.45, 2.75) is 89.8 Å². The lowest BCUT2D eigenvalue weighted by molar-refractivity contribution is 0.348. The molecule has 2 heteroatoms. The Morgan fingerprint density at radius 3 is 2.20 bits per heavy atom. The van der Waals surface area contributed by atoms with E-state index in [0.717, 1.165) is 12.7 Å². The molecule has 0 spiro atoms. The molecule has 2 atom stereocenters. The molecule has 116 valence electrons. The lowest BCUT2D eigenvalue weighted by Crippen LogP contribution is -1.94. The SMILES string of the molecule is CCCCCCCC[C@@H]1O[C@@H]1CCCC/C=C\C=C\O. The van der Waals surface area contributed by atoms with Crippen molar-refractivity contribution in [3.8, 4) is 0 Å². The molecule has 1 aliphatic rings. The maximum atomic E-state index is 8.46. The van der Waals surface area contributed by atoms with Crippen molar-refractivity contribution in [3.05, 3.63) is 24.5 Å². The van der Waals surface area contributed by atoms with Crippen LogP contribution in [0.25, 0.3) is 0 Å². The number of hydrogen-bond acceptors (Lipinski definition) is 2. The minimum atomic E-state index is 0.562. The van der Waals surface area contributed by atoms with Gasteiger partial charge in [-0.1, -0.05) is 64.0 Å². The minimum absolute atomic E-state index is 0.562. The summed E-state index contributed by atoms with van der Waals surface area (Å²) >= 11 is 0. The van der Waals surface area contributed by atoms with E-state index in [4.69, 9.17) is 9.84 Å². The second-order valence-corrected chi connectivity index (χ2v) is 5.82. The number of rotatable bonds is 13. The van der Waals surface area contributed by atoms with Crippen LogP contribution in [0.2, 0.25) is 0 Å². The van der Waals surface area contributed by atoms with E-state index >= 15 is 0 Å². The lowest BCUT2D eigenvalue weighted by atomic mass is 10.0. The fraction of sp³-hybridized carbons (Fsp3) is 0.778. The fourth-order valence-corrected chi connectivity index (χ4v) is 2.65. The van der Waals surface area contributed by atoms with Gasteiger partial charge in [-0.05, 0) is 31.8 Å². The second-order valence-electron chi connectivity index (χ2n) is 5.82. The highest BCUT2D eigenvalue weighted by atomic mass is 16.6. The summed E-state index contributed by atoms with van der Waals surface area (Å²) < 4.78 is 5.73. The molecule has 0 aromatic heterocycles. The van der Waals surface area contributed by atoms with Crippen LogP contribution in [0.1, 0.15) is 77.6 Å². The Labute approximate surface area is 124 Å². The summed E-state index contributed by atoms with van der Waals surface area (Å²) in [5, 5.41) is 8.46. The zero-order valence-corrected chi connectivity index (χ0v) is 13.1. The first-order valence-corrected chi connectivity index (χ1v) is 8.49. The third-order valence-corrected chi connectivity index (χ3v) is 3.97. The van der Waals surface area contributed by atoms with E-state index in [2.05, 4.69) is 13.0 Å². The summed E-state index contributed by atoms with van der Waals surface area (Å²) in [5.74, 6) is 0. The number of epoxide rings is 1. The molecular formula is C18H32O2. The van der Waals surface area contributed by atoms with Crippen LogP contribution in [-0.2, 0) is 4.74 Å². The van der Waals surface area contributed by atoms with Crippen LogP contribution < -0.4 is 0 Å². The monoisotopic (exact) mass is 280 g/mol. The molecule has 0 unspecified atom stereocenters. The van der Waals surface area contributed by atoms with Gasteiger partial charge in [0.2, 0.25) is 0 Å². The highest BCUT2D eigenvalue weighted by molar-refractivity contribution is 4.98. The van der Waals surface area contributed by atoms with Gasteiger partial charge in [-0.2, -0.15) is 0 Å². The van der Waals surface area contributed by atoms with Gasteiger partial charge >= 0.3 is 0 Å². The Morgan fingerprint density at radius 1 is 0.850 bits per heavy atom. The van der Waals surface area contributed by atoms with Gasteiger partial charge in [0.15, 0.2) is 0 Å². The summed E-state index contributed by atoms with van der Waals surface area (Å²) in [5.41, 5.74) is 0. The Hall–Kier alpha value is -0.760. The van der Waals surface area contributed by atoms with Gasteiger partial charge in [-0.3, -0.25) is 0 Å². The van der Waals surface area contributed by atoms with Gasteiger partial charge in [0.1, 0.15) is 0 Å². The number of allylic oxidation sites excluding steroid dienone is 3. The van der Waals surface area contributed by atoms with Crippen LogP contribution >= 0.6 is 0 Å². The molecule has 20 heavy (non-hydrogen) atoms. The molecule has 0 bridgehead atoms. The fourth-order valence-electron chi connectivity index (χ4n) is 2.65. The van der Waals surface area contributed by atoms with E-state index in [0.29, 0.717) is 12.2 Å². The van der Waals surface area contributed by atoms with Crippen LogP contribution in [0.5, 0.6) is 0 Å². The van der Waals surface area contributed by atoms with E-state index < -0.39 is 0 Å². The van der Waals surface area contributed by atoms with Gasteiger partial charge in [0, 0.05) is 0 Å². The predicted molar refractivity (Wildman–Crippen MR) is 86.0 cm³/mol. The summed E-state index contributed by atoms with van der Waals surface area (Å²) in [6.07, 6.45) is 22.2. The van der Waals surface area contributed by atoms with Crippen molar-refractivity contribution < 1.29 is 9.84 Å². The first-order chi connectivity index (χ1) is 9.88. The Morgan fingerprint density at radius 2 is 1.50 bits per heavy atom. The van der Waals surface area contributed by atoms with Crippen LogP contribution in [-0.4, -0.2) is 17.3 Å². The molecule has 0 aromatic carbocycles. The van der Waals surface area contributed by atoms with Gasteiger partial charge in [0.25, 0.3) is 0 Å². The first kappa shape index (κ1) is 17.3. The van der Waals surface area contributed by atoms with E-state index in [-0.39, 0.29) is 0 Å². The Balaban J connectivity index is 1.81. The van der Waals surface area contributed by atoms with Crippen LogP contribution in [0.3, 0.4) is 0 Å². The zero-order valence-electron chi connectivity index (χ0n) is 13.1. The maximum absolute atomic E-state index is 8.46. The molecule has 0 saturated carbocycles. The van der Waals surface area contributed by atoms with Crippen molar-refractivity contribution in [2.75, 3.05) is 0 Å². The quantitative estimate of drug-likeness (QED) is 0.203. The summed E-state index contributed by atoms with van der Waals surface area (Å²) in [6.45, 7) is 2.27. The zero-order chi connectivity index (χ0) is 14.5. The Bertz CT molecular complexity index is 271. The van der Waals surface area contributed by atoms with Crippen molar-refractivity contribution in [1.29, 1.82) is 0 Å². The number of unbranched alkanes of at least 4 members (excludes halogenated alkanes) is 7. The number of hydrogen-bond donors (Lipinski definition) is 1. The van der Waals surface area contributed by atoms with Gasteiger partial charge < -0.3 is 9.84 Å². The number of aliphatic hydroxyl groups is 1. The highest BCUT2D eigenvalue weighted by Crippen LogP contribution is 2.31. The van der Waals surface area contributed by atoms with Crippen LogP contribution in [0, 0.1) is 0 Å². The van der Waals surface area contributed by atoms with Crippen LogP contribution in [0.15, 0.2) is 24.5 Å². The van der Waals surface area contributed by atoms with E-state index in [1.807, 2.05) is 6.08 Å². The topological polar surface area (TPSA) is 32.8 Å². The van der Waals surface area contributed by atoms with E-state index in [1.165, 1.54) is 64.2 Å². The van der Waals surface area contributed by atoms with Crippen molar-refractivity contribution in [2.24, 2.45) is 0 Å². The minimum Gasteiger partial charge on any atom is -0.516 e. The molecule has 1 N–H and O–H groups in total. The first-order valence-electron chi connectivity index (χ1n) is 8.49. The average Bonchev–Trinajstić information content (AvgIpc) is 3.20. The van der Waals surface area contributed by atoms with E-state index in [1.54, 1.807) is 6.08 Å². The van der Waals surface area contributed by atoms with Crippen LogP contribution in [0.4, 0.5) is 0 Å². The van der Waals surface area contributed by atoms with Gasteiger partial charge in [0.05, 0.1) is 18.5 Å². The molecular weight excluding hydrogens is 248 g/mol. The summed E-state index contributed by atoms with van der Waals surface area (Å²) in [7, 11) is 0. The largest absolute Gasteiger partial charge is 0.516 e. The van der Waals surface area contributed by atoms with Crippen molar-refractivity contribution in [3.63, 3.8) is 0 Å². The van der Waals surface area contributed by atoms with Gasteiger partial charge in [-0.25, -0.2) is 0 Å². The molecule has 1 aliphatic heterocycles. The molecule has 1 saturated heterocycles. The molecule has 0 amide bonds. The van der Waals surface area contributed by atoms with Crippen molar-refractivity contribution >= 4 is 0 Å². The molecule has 1 rings (SSSR count). The smallest absolute Gasteiger partial charge is 0.0841 e. The van der Waals surface area contributed by atoms with Crippen molar-refractivity contribution in [1.82, 2.24) is 0 Å². The highest BCUT2D eigenvalue weighted by Gasteiger charge is 2.36. The lowest BCUT2D eigenvalue weighted by Gasteiger charge is -1.99.